The summed E-state index contributed by atoms with van der Waals surface area (Å²) in [5, 5.41) is 3.23. The third kappa shape index (κ3) is 2.88. The molecule has 3 nitrogen and oxygen atoms in total. The summed E-state index contributed by atoms with van der Waals surface area (Å²) < 4.78 is 13.3. The molecule has 0 bridgehead atoms. The first kappa shape index (κ1) is 14.7. The molecule has 5 heteroatoms. The van der Waals surface area contributed by atoms with Crippen molar-refractivity contribution in [2.75, 3.05) is 0 Å². The van der Waals surface area contributed by atoms with Crippen molar-refractivity contribution in [2.24, 2.45) is 0 Å². The lowest BCUT2D eigenvalue weighted by atomic mass is 9.98. The zero-order valence-corrected chi connectivity index (χ0v) is 12.4. The van der Waals surface area contributed by atoms with Crippen LogP contribution in [0.1, 0.15) is 21.5 Å². The van der Waals surface area contributed by atoms with Crippen LogP contribution in [-0.4, -0.2) is 17.7 Å². The number of Topliss-reactive ketones (excluding diaryl/α,β-unsaturated/α-hetero) is 1. The number of nitrogens with one attached hydrogen (secondary N) is 1. The maximum atomic E-state index is 13.3. The van der Waals surface area contributed by atoms with Crippen molar-refractivity contribution in [1.82, 2.24) is 5.32 Å². The van der Waals surface area contributed by atoms with Gasteiger partial charge in [0.25, 0.3) is 5.91 Å². The van der Waals surface area contributed by atoms with E-state index < -0.39 is 17.8 Å². The molecule has 2 aromatic carbocycles. The molecule has 1 aliphatic rings. The minimum absolute atomic E-state index is 0.101. The minimum atomic E-state index is -0.664. The molecule has 0 fully saturated rings. The van der Waals surface area contributed by atoms with E-state index in [0.717, 1.165) is 11.6 Å². The van der Waals surface area contributed by atoms with Gasteiger partial charge in [-0.2, -0.15) is 0 Å². The van der Waals surface area contributed by atoms with Crippen LogP contribution in [0.4, 0.5) is 4.39 Å². The fraction of sp³-hybridized carbons (Fsp3) is 0.176. The predicted molar refractivity (Wildman–Crippen MR) is 81.5 cm³/mol. The summed E-state index contributed by atoms with van der Waals surface area (Å²) in [4.78, 5) is 24.6. The van der Waals surface area contributed by atoms with Crippen molar-refractivity contribution >= 4 is 23.3 Å². The smallest absolute Gasteiger partial charge is 0.252 e. The third-order valence-electron chi connectivity index (χ3n) is 3.76. The minimum Gasteiger partial charge on any atom is -0.342 e. The molecule has 1 unspecified atom stereocenters. The van der Waals surface area contributed by atoms with Crippen LogP contribution >= 0.6 is 11.6 Å². The molecule has 1 N–H and O–H groups in total. The first-order chi connectivity index (χ1) is 10.5. The maximum absolute atomic E-state index is 13.3. The van der Waals surface area contributed by atoms with Gasteiger partial charge in [-0.1, -0.05) is 35.9 Å². The first-order valence-corrected chi connectivity index (χ1v) is 7.28. The Labute approximate surface area is 132 Å². The third-order valence-corrected chi connectivity index (χ3v) is 4.13. The zero-order valence-electron chi connectivity index (χ0n) is 11.6. The normalized spacial score (nSPS) is 17.6. The molecule has 2 aromatic rings. The highest BCUT2D eigenvalue weighted by Gasteiger charge is 2.28. The van der Waals surface area contributed by atoms with E-state index in [-0.39, 0.29) is 17.8 Å². The molecule has 1 amide bonds. The number of hydrogen-bond donors (Lipinski definition) is 1. The molecule has 1 atom stereocenters. The number of amides is 1. The van der Waals surface area contributed by atoms with Gasteiger partial charge in [0.1, 0.15) is 5.82 Å². The van der Waals surface area contributed by atoms with Crippen LogP contribution in [-0.2, 0) is 17.6 Å². The molecule has 0 saturated carbocycles. The topological polar surface area (TPSA) is 46.2 Å². The maximum Gasteiger partial charge on any atom is 0.252 e. The molecule has 3 rings (SSSR count). The Morgan fingerprint density at radius 2 is 1.95 bits per heavy atom. The number of rotatable bonds is 2. The van der Waals surface area contributed by atoms with Crippen molar-refractivity contribution in [3.63, 3.8) is 0 Å². The molecule has 0 radical (unpaired) electrons. The molecule has 112 valence electrons. The molecule has 0 aliphatic carbocycles. The fourth-order valence-electron chi connectivity index (χ4n) is 2.59. The van der Waals surface area contributed by atoms with Crippen molar-refractivity contribution in [2.45, 2.75) is 18.9 Å². The summed E-state index contributed by atoms with van der Waals surface area (Å²) in [6.45, 7) is 0. The number of benzene rings is 2. The SMILES string of the molecule is O=C1NC(Cc2ccccc2Cl)C(=O)Cc2ccc(F)cc21. The van der Waals surface area contributed by atoms with Crippen molar-refractivity contribution in [3.8, 4) is 0 Å². The second-order valence-electron chi connectivity index (χ2n) is 5.27. The average Bonchev–Trinajstić information content (AvgIpc) is 2.60. The fourth-order valence-corrected chi connectivity index (χ4v) is 2.80. The Morgan fingerprint density at radius 1 is 1.18 bits per heavy atom. The van der Waals surface area contributed by atoms with Crippen LogP contribution in [0.2, 0.25) is 5.02 Å². The lowest BCUT2D eigenvalue weighted by Gasteiger charge is -2.15. The van der Waals surface area contributed by atoms with Gasteiger partial charge in [0, 0.05) is 23.4 Å². The van der Waals surface area contributed by atoms with Gasteiger partial charge in [0.15, 0.2) is 5.78 Å². The molecule has 1 aliphatic heterocycles. The summed E-state index contributed by atoms with van der Waals surface area (Å²) in [5.41, 5.74) is 1.56. The Balaban J connectivity index is 1.89. The van der Waals surface area contributed by atoms with Crippen LogP contribution in [0, 0.1) is 5.82 Å². The predicted octanol–water partition coefficient (Wildman–Crippen LogP) is 2.95. The van der Waals surface area contributed by atoms with Gasteiger partial charge in [-0.05, 0) is 29.3 Å². The summed E-state index contributed by atoms with van der Waals surface area (Å²) in [6, 6.07) is 10.4. The molecule has 0 saturated heterocycles. The van der Waals surface area contributed by atoms with Gasteiger partial charge in [0.2, 0.25) is 0 Å². The average molecular weight is 318 g/mol. The van der Waals surface area contributed by atoms with E-state index in [1.165, 1.54) is 12.1 Å². The highest BCUT2D eigenvalue weighted by molar-refractivity contribution is 6.31. The zero-order chi connectivity index (χ0) is 15.7. The summed E-state index contributed by atoms with van der Waals surface area (Å²) in [7, 11) is 0. The van der Waals surface area contributed by atoms with Crippen molar-refractivity contribution in [3.05, 3.63) is 70.0 Å². The number of hydrogen-bond acceptors (Lipinski definition) is 2. The molecule has 0 spiro atoms. The number of carbonyl (C=O) groups excluding carboxylic acids is 2. The highest BCUT2D eigenvalue weighted by atomic mass is 35.5. The first-order valence-electron chi connectivity index (χ1n) is 6.90. The van der Waals surface area contributed by atoms with E-state index in [0.29, 0.717) is 17.0 Å². The summed E-state index contributed by atoms with van der Waals surface area (Å²) >= 11 is 6.10. The van der Waals surface area contributed by atoms with Crippen LogP contribution in [0.3, 0.4) is 0 Å². The Morgan fingerprint density at radius 3 is 2.73 bits per heavy atom. The number of ketones is 1. The highest BCUT2D eigenvalue weighted by Crippen LogP contribution is 2.21. The lowest BCUT2D eigenvalue weighted by Crippen LogP contribution is -2.40. The van der Waals surface area contributed by atoms with Gasteiger partial charge in [0.05, 0.1) is 6.04 Å². The van der Waals surface area contributed by atoms with Crippen molar-refractivity contribution in [1.29, 1.82) is 0 Å². The Hall–Kier alpha value is -2.20. The van der Waals surface area contributed by atoms with E-state index in [1.807, 2.05) is 12.1 Å². The summed E-state index contributed by atoms with van der Waals surface area (Å²) in [6.07, 6.45) is 0.421. The largest absolute Gasteiger partial charge is 0.342 e. The van der Waals surface area contributed by atoms with E-state index >= 15 is 0 Å². The second-order valence-corrected chi connectivity index (χ2v) is 5.67. The Bertz CT molecular complexity index is 760. The summed E-state index contributed by atoms with van der Waals surface area (Å²) in [5.74, 6) is -1.04. The second kappa shape index (κ2) is 5.89. The monoisotopic (exact) mass is 317 g/mol. The van der Waals surface area contributed by atoms with Crippen LogP contribution < -0.4 is 5.32 Å². The molecule has 0 aromatic heterocycles. The lowest BCUT2D eigenvalue weighted by molar-refractivity contribution is -0.120. The van der Waals surface area contributed by atoms with Gasteiger partial charge in [-0.15, -0.1) is 0 Å². The van der Waals surface area contributed by atoms with E-state index in [4.69, 9.17) is 11.6 Å². The number of carbonyl (C=O) groups is 2. The van der Waals surface area contributed by atoms with E-state index in [2.05, 4.69) is 5.32 Å². The quantitative estimate of drug-likeness (QED) is 0.925. The standard InChI is InChI=1S/C17H13ClFNO2/c18-14-4-2-1-3-11(14)7-15-16(21)8-10-5-6-12(19)9-13(10)17(22)20-15/h1-6,9,15H,7-8H2,(H,20,22). The molecule has 22 heavy (non-hydrogen) atoms. The number of halogens is 2. The Kier molecular flexibility index (Phi) is 3.94. The molecular formula is C17H13ClFNO2. The van der Waals surface area contributed by atoms with E-state index in [9.17, 15) is 14.0 Å². The van der Waals surface area contributed by atoms with Crippen LogP contribution in [0.15, 0.2) is 42.5 Å². The van der Waals surface area contributed by atoms with Crippen LogP contribution in [0.5, 0.6) is 0 Å². The van der Waals surface area contributed by atoms with Gasteiger partial charge in [-0.25, -0.2) is 4.39 Å². The molecular weight excluding hydrogens is 305 g/mol. The van der Waals surface area contributed by atoms with Gasteiger partial charge >= 0.3 is 0 Å². The van der Waals surface area contributed by atoms with Gasteiger partial charge in [-0.3, -0.25) is 9.59 Å². The van der Waals surface area contributed by atoms with Crippen molar-refractivity contribution < 1.29 is 14.0 Å². The number of fused-ring (bicyclic) bond motifs is 1. The van der Waals surface area contributed by atoms with Crippen LogP contribution in [0.25, 0.3) is 0 Å². The van der Waals surface area contributed by atoms with Gasteiger partial charge < -0.3 is 5.32 Å². The van der Waals surface area contributed by atoms with E-state index in [1.54, 1.807) is 12.1 Å². The molecule has 1 heterocycles.